The van der Waals surface area contributed by atoms with Crippen LogP contribution in [0.4, 0.5) is 16.2 Å². The zero-order chi connectivity index (χ0) is 32.0. The van der Waals surface area contributed by atoms with E-state index in [0.717, 1.165) is 46.4 Å². The summed E-state index contributed by atoms with van der Waals surface area (Å²) in [6, 6.07) is 22.1. The highest BCUT2D eigenvalue weighted by Crippen LogP contribution is 2.29. The van der Waals surface area contributed by atoms with Gasteiger partial charge in [0.1, 0.15) is 11.6 Å². The highest BCUT2D eigenvalue weighted by atomic mass is 16.6. The summed E-state index contributed by atoms with van der Waals surface area (Å²) in [5.74, 6) is -0.547. The number of esters is 1. The van der Waals surface area contributed by atoms with Crippen LogP contribution in [0.2, 0.25) is 0 Å². The highest BCUT2D eigenvalue weighted by molar-refractivity contribution is 5.97. The Hall–Kier alpha value is -5.01. The van der Waals surface area contributed by atoms with Crippen LogP contribution in [0.15, 0.2) is 72.9 Å². The second-order valence-corrected chi connectivity index (χ2v) is 12.0. The number of morpholine rings is 1. The smallest absolute Gasteiger partial charge is 0.407 e. The minimum Gasteiger partial charge on any atom is -0.465 e. The van der Waals surface area contributed by atoms with Crippen LogP contribution in [0, 0.1) is 11.3 Å². The molecule has 0 radical (unpaired) electrons. The van der Waals surface area contributed by atoms with Gasteiger partial charge in [-0.05, 0) is 74.2 Å². The maximum absolute atomic E-state index is 13.0. The van der Waals surface area contributed by atoms with Crippen molar-refractivity contribution in [3.8, 4) is 17.2 Å². The monoisotopic (exact) mass is 609 g/mol. The lowest BCUT2D eigenvalue weighted by Gasteiger charge is -2.29. The largest absolute Gasteiger partial charge is 0.465 e. The van der Waals surface area contributed by atoms with E-state index in [0.29, 0.717) is 25.3 Å². The zero-order valence-corrected chi connectivity index (χ0v) is 26.1. The number of methoxy groups -OCH3 is 1. The summed E-state index contributed by atoms with van der Waals surface area (Å²) in [5.41, 5.74) is 4.72. The first-order valence-corrected chi connectivity index (χ1v) is 15.0. The molecule has 0 aliphatic carbocycles. The Labute approximate surface area is 263 Å². The van der Waals surface area contributed by atoms with Gasteiger partial charge in [-0.2, -0.15) is 5.26 Å². The van der Waals surface area contributed by atoms with Gasteiger partial charge in [0, 0.05) is 41.6 Å². The number of H-pyrrole nitrogens is 1. The number of fused-ring (bicyclic) bond motifs is 1. The van der Waals surface area contributed by atoms with Crippen molar-refractivity contribution in [2.75, 3.05) is 43.6 Å². The van der Waals surface area contributed by atoms with E-state index in [-0.39, 0.29) is 5.56 Å². The number of anilines is 2. The number of benzene rings is 3. The summed E-state index contributed by atoms with van der Waals surface area (Å²) in [6.07, 6.45) is 1.57. The number of alkyl carbamates (subject to hydrolysis) is 1. The van der Waals surface area contributed by atoms with Gasteiger partial charge in [-0.3, -0.25) is 0 Å². The van der Waals surface area contributed by atoms with Crippen molar-refractivity contribution in [2.45, 2.75) is 44.9 Å². The molecule has 1 amide bonds. The van der Waals surface area contributed by atoms with Crippen LogP contribution in [-0.2, 0) is 20.6 Å². The lowest BCUT2D eigenvalue weighted by Crippen LogP contribution is -2.49. The molecule has 0 spiro atoms. The van der Waals surface area contributed by atoms with E-state index >= 15 is 0 Å². The van der Waals surface area contributed by atoms with E-state index < -0.39 is 29.7 Å². The fourth-order valence-corrected chi connectivity index (χ4v) is 5.45. The molecule has 10 heteroatoms. The van der Waals surface area contributed by atoms with Crippen molar-refractivity contribution >= 4 is 34.3 Å². The number of hydrogen-bond donors (Lipinski definition) is 3. The molecule has 1 unspecified atom stereocenters. The van der Waals surface area contributed by atoms with Gasteiger partial charge in [0.05, 0.1) is 38.0 Å². The molecule has 5 rings (SSSR count). The number of aromatic nitrogens is 1. The summed E-state index contributed by atoms with van der Waals surface area (Å²) >= 11 is 0. The molecule has 2 atom stereocenters. The van der Waals surface area contributed by atoms with Crippen LogP contribution in [0.3, 0.4) is 0 Å². The minimum absolute atomic E-state index is 0.274. The molecule has 3 N–H and O–H groups in total. The predicted molar refractivity (Wildman–Crippen MR) is 174 cm³/mol. The molecular formula is C35H39N5O5. The first-order valence-electron chi connectivity index (χ1n) is 15.0. The van der Waals surface area contributed by atoms with E-state index in [1.807, 2.05) is 48.7 Å². The maximum atomic E-state index is 13.0. The normalized spacial score (nSPS) is 14.7. The van der Waals surface area contributed by atoms with Crippen LogP contribution >= 0.6 is 0 Å². The fraction of sp³-hybridized carbons (Fsp3) is 0.343. The number of ether oxygens (including phenoxy) is 3. The second-order valence-electron chi connectivity index (χ2n) is 12.0. The SMILES string of the molecule is COC(=O)c1cc(-c2ccc(N3CCOCC3)cc2)ccc1NC(C#N)[C@H](Cc1c[nH]c2ccccc12)NC(=O)OC(C)(C)C. The number of hydrogen-bond acceptors (Lipinski definition) is 8. The van der Waals surface area contributed by atoms with E-state index in [1.54, 1.807) is 32.9 Å². The van der Waals surface area contributed by atoms with Gasteiger partial charge in [-0.25, -0.2) is 9.59 Å². The van der Waals surface area contributed by atoms with Crippen molar-refractivity contribution < 1.29 is 23.8 Å². The number of carbonyl (C=O) groups excluding carboxylic acids is 2. The number of nitrogens with zero attached hydrogens (tertiary/aromatic N) is 2. The standard InChI is InChI=1S/C35H39N5O5/c1-35(2,3)45-34(42)39-31(20-25-22-37-29-8-6-5-7-27(25)29)32(21-36)38-30-14-11-24(19-28(30)33(41)43-4)23-9-12-26(13-10-23)40-15-17-44-18-16-40/h5-14,19,22,31-32,37-38H,15-18,20H2,1-4H3,(H,39,42)/t31-,32?/m0/s1. The average molecular weight is 610 g/mol. The third-order valence-corrected chi connectivity index (χ3v) is 7.67. The Kier molecular flexibility index (Phi) is 9.59. The first-order chi connectivity index (χ1) is 21.6. The van der Waals surface area contributed by atoms with Gasteiger partial charge in [0.2, 0.25) is 0 Å². The maximum Gasteiger partial charge on any atom is 0.407 e. The van der Waals surface area contributed by atoms with Crippen LogP contribution < -0.4 is 15.5 Å². The Morgan fingerprint density at radius 2 is 1.76 bits per heavy atom. The third kappa shape index (κ3) is 7.75. The van der Waals surface area contributed by atoms with Crippen LogP contribution in [0.5, 0.6) is 0 Å². The summed E-state index contributed by atoms with van der Waals surface area (Å²) in [5, 5.41) is 17.5. The van der Waals surface area contributed by atoms with Gasteiger partial charge >= 0.3 is 12.1 Å². The minimum atomic E-state index is -0.923. The molecule has 1 aliphatic heterocycles. The molecule has 2 heterocycles. The number of nitrogens with one attached hydrogen (secondary N) is 3. The molecule has 10 nitrogen and oxygen atoms in total. The first kappa shape index (κ1) is 31.4. The Morgan fingerprint density at radius 1 is 1.04 bits per heavy atom. The molecule has 1 fully saturated rings. The van der Waals surface area contributed by atoms with Gasteiger partial charge in [0.25, 0.3) is 0 Å². The molecule has 1 saturated heterocycles. The molecule has 0 bridgehead atoms. The molecule has 45 heavy (non-hydrogen) atoms. The second kappa shape index (κ2) is 13.7. The summed E-state index contributed by atoms with van der Waals surface area (Å²) in [6.45, 7) is 8.44. The predicted octanol–water partition coefficient (Wildman–Crippen LogP) is 5.90. The van der Waals surface area contributed by atoms with Gasteiger partial charge in [-0.15, -0.1) is 0 Å². The zero-order valence-electron chi connectivity index (χ0n) is 26.1. The van der Waals surface area contributed by atoms with Crippen LogP contribution in [-0.4, -0.2) is 68.1 Å². The summed E-state index contributed by atoms with van der Waals surface area (Å²) in [7, 11) is 1.32. The molecule has 3 aromatic carbocycles. The summed E-state index contributed by atoms with van der Waals surface area (Å²) < 4.78 is 16.1. The number of para-hydroxylation sites is 1. The van der Waals surface area contributed by atoms with Crippen molar-refractivity contribution in [3.05, 3.63) is 84.1 Å². The lowest BCUT2D eigenvalue weighted by atomic mass is 9.97. The van der Waals surface area contributed by atoms with Crippen LogP contribution in [0.25, 0.3) is 22.0 Å². The number of rotatable bonds is 9. The Balaban J connectivity index is 1.42. The molecule has 234 valence electrons. The van der Waals surface area contributed by atoms with E-state index in [1.165, 1.54) is 7.11 Å². The van der Waals surface area contributed by atoms with E-state index in [4.69, 9.17) is 14.2 Å². The number of aromatic amines is 1. The average Bonchev–Trinajstić information content (AvgIpc) is 3.45. The van der Waals surface area contributed by atoms with Gasteiger partial charge in [-0.1, -0.05) is 36.4 Å². The fourth-order valence-electron chi connectivity index (χ4n) is 5.45. The third-order valence-electron chi connectivity index (χ3n) is 7.67. The molecule has 4 aromatic rings. The van der Waals surface area contributed by atoms with E-state index in [9.17, 15) is 14.9 Å². The van der Waals surface area contributed by atoms with Crippen molar-refractivity contribution in [1.29, 1.82) is 5.26 Å². The van der Waals surface area contributed by atoms with E-state index in [2.05, 4.69) is 38.7 Å². The lowest BCUT2D eigenvalue weighted by molar-refractivity contribution is 0.0501. The Morgan fingerprint density at radius 3 is 2.44 bits per heavy atom. The summed E-state index contributed by atoms with van der Waals surface area (Å²) in [4.78, 5) is 31.4. The van der Waals surface area contributed by atoms with Gasteiger partial charge < -0.3 is 34.7 Å². The van der Waals surface area contributed by atoms with Gasteiger partial charge in [0.15, 0.2) is 0 Å². The quantitative estimate of drug-likeness (QED) is 0.200. The number of amides is 1. The van der Waals surface area contributed by atoms with Crippen molar-refractivity contribution in [2.24, 2.45) is 0 Å². The Bertz CT molecular complexity index is 1680. The topological polar surface area (TPSA) is 129 Å². The van der Waals surface area contributed by atoms with Crippen molar-refractivity contribution in [3.63, 3.8) is 0 Å². The van der Waals surface area contributed by atoms with Crippen LogP contribution in [0.1, 0.15) is 36.7 Å². The highest BCUT2D eigenvalue weighted by Gasteiger charge is 2.29. The molecule has 1 aromatic heterocycles. The molecular weight excluding hydrogens is 570 g/mol. The number of nitriles is 1. The molecule has 0 saturated carbocycles. The number of carbonyl (C=O) groups is 2. The van der Waals surface area contributed by atoms with Crippen molar-refractivity contribution in [1.82, 2.24) is 10.3 Å². The molecule has 1 aliphatic rings.